The fraction of sp³-hybridized carbons (Fsp3) is 0.143. The van der Waals surface area contributed by atoms with E-state index < -0.39 is 11.7 Å². The van der Waals surface area contributed by atoms with E-state index in [9.17, 15) is 9.18 Å². The molecule has 0 aliphatic carbocycles. The lowest BCUT2D eigenvalue weighted by Crippen LogP contribution is -2.15. The summed E-state index contributed by atoms with van der Waals surface area (Å²) in [6, 6.07) is 4.14. The summed E-state index contributed by atoms with van der Waals surface area (Å²) in [7, 11) is 1.73. The van der Waals surface area contributed by atoms with E-state index in [0.29, 0.717) is 22.8 Å². The van der Waals surface area contributed by atoms with Crippen molar-refractivity contribution in [3.8, 4) is 0 Å². The molecule has 2 heterocycles. The molecule has 24 heavy (non-hydrogen) atoms. The van der Waals surface area contributed by atoms with Gasteiger partial charge in [0.15, 0.2) is 5.69 Å². The van der Waals surface area contributed by atoms with Gasteiger partial charge in [-0.05, 0) is 40.3 Å². The number of carbonyl (C=O) groups is 1. The van der Waals surface area contributed by atoms with Crippen LogP contribution in [0.3, 0.4) is 0 Å². The number of carbonyl (C=O) groups excluding carboxylic acids is 1. The third-order valence-corrected chi connectivity index (χ3v) is 4.25. The predicted molar refractivity (Wildman–Crippen MR) is 94.4 cm³/mol. The average Bonchev–Trinajstić information content (AvgIpc) is 3.08. The summed E-state index contributed by atoms with van der Waals surface area (Å²) in [5.41, 5.74) is 0.996. The van der Waals surface area contributed by atoms with Crippen molar-refractivity contribution in [2.75, 3.05) is 5.32 Å². The van der Waals surface area contributed by atoms with Crippen molar-refractivity contribution in [1.82, 2.24) is 24.5 Å². The lowest BCUT2D eigenvalue weighted by molar-refractivity contribution is 0.102. The Bertz CT molecular complexity index is 909. The zero-order chi connectivity index (χ0) is 17.3. The van der Waals surface area contributed by atoms with Gasteiger partial charge in [-0.1, -0.05) is 17.7 Å². The van der Waals surface area contributed by atoms with Gasteiger partial charge >= 0.3 is 0 Å². The van der Waals surface area contributed by atoms with Crippen LogP contribution >= 0.6 is 34.2 Å². The molecule has 0 aliphatic rings. The summed E-state index contributed by atoms with van der Waals surface area (Å²) >= 11 is 8.02. The first kappa shape index (κ1) is 16.8. The van der Waals surface area contributed by atoms with Crippen LogP contribution in [0, 0.1) is 9.39 Å². The molecule has 0 bridgehead atoms. The highest BCUT2D eigenvalue weighted by Gasteiger charge is 2.16. The first-order chi connectivity index (χ1) is 11.4. The van der Waals surface area contributed by atoms with E-state index in [1.807, 2.05) is 22.6 Å². The molecule has 7 nitrogen and oxygen atoms in total. The summed E-state index contributed by atoms with van der Waals surface area (Å²) in [5.74, 6) is -0.641. The lowest BCUT2D eigenvalue weighted by atomic mass is 10.2. The minimum Gasteiger partial charge on any atom is -0.288 e. The summed E-state index contributed by atoms with van der Waals surface area (Å²) in [6.07, 6.45) is 3.19. The van der Waals surface area contributed by atoms with Gasteiger partial charge in [-0.2, -0.15) is 5.10 Å². The van der Waals surface area contributed by atoms with Crippen molar-refractivity contribution in [2.24, 2.45) is 7.05 Å². The maximum atomic E-state index is 13.1. The van der Waals surface area contributed by atoms with Crippen molar-refractivity contribution < 1.29 is 9.18 Å². The van der Waals surface area contributed by atoms with Gasteiger partial charge in [0.2, 0.25) is 5.95 Å². The maximum absolute atomic E-state index is 13.1. The molecule has 3 rings (SSSR count). The number of nitrogens with one attached hydrogen (secondary N) is 1. The molecule has 1 amide bonds. The molecule has 0 saturated carbocycles. The van der Waals surface area contributed by atoms with Crippen LogP contribution in [0.2, 0.25) is 5.02 Å². The van der Waals surface area contributed by atoms with Crippen molar-refractivity contribution in [1.29, 1.82) is 0 Å². The number of aromatic nitrogens is 5. The van der Waals surface area contributed by atoms with Gasteiger partial charge in [-0.25, -0.2) is 14.1 Å². The smallest absolute Gasteiger partial charge is 0.279 e. The van der Waals surface area contributed by atoms with Gasteiger partial charge in [0.05, 0.1) is 10.1 Å². The molecule has 0 radical (unpaired) electrons. The second-order valence-electron chi connectivity index (χ2n) is 4.95. The predicted octanol–water partition coefficient (Wildman–Crippen LogP) is 2.71. The summed E-state index contributed by atoms with van der Waals surface area (Å²) < 4.78 is 16.8. The minimum absolute atomic E-state index is 0.152. The van der Waals surface area contributed by atoms with Gasteiger partial charge in [0.1, 0.15) is 12.1 Å². The molecule has 0 saturated heterocycles. The second-order valence-corrected chi connectivity index (χ2v) is 6.52. The molecule has 1 N–H and O–H groups in total. The molecule has 1 aromatic carbocycles. The van der Waals surface area contributed by atoms with Crippen LogP contribution in [-0.4, -0.2) is 30.5 Å². The highest BCUT2D eigenvalue weighted by Crippen LogP contribution is 2.18. The molecule has 3 aromatic rings. The molecule has 0 fully saturated rings. The van der Waals surface area contributed by atoms with Gasteiger partial charge in [0.25, 0.3) is 5.91 Å². The van der Waals surface area contributed by atoms with Gasteiger partial charge < -0.3 is 0 Å². The maximum Gasteiger partial charge on any atom is 0.279 e. The van der Waals surface area contributed by atoms with E-state index in [0.717, 1.165) is 3.57 Å². The zero-order valence-corrected chi connectivity index (χ0v) is 15.3. The van der Waals surface area contributed by atoms with Crippen LogP contribution < -0.4 is 5.32 Å². The zero-order valence-electron chi connectivity index (χ0n) is 12.4. The first-order valence-electron chi connectivity index (χ1n) is 6.76. The fourth-order valence-electron chi connectivity index (χ4n) is 2.03. The largest absolute Gasteiger partial charge is 0.288 e. The van der Waals surface area contributed by atoms with Crippen molar-refractivity contribution in [3.05, 3.63) is 56.4 Å². The lowest BCUT2D eigenvalue weighted by Gasteiger charge is -2.04. The second kappa shape index (κ2) is 6.85. The van der Waals surface area contributed by atoms with Crippen LogP contribution in [0.5, 0.6) is 0 Å². The molecule has 0 aliphatic heterocycles. The van der Waals surface area contributed by atoms with E-state index in [-0.39, 0.29) is 5.95 Å². The van der Waals surface area contributed by atoms with Crippen molar-refractivity contribution in [3.63, 3.8) is 0 Å². The number of aryl methyl sites for hydroxylation is 1. The van der Waals surface area contributed by atoms with E-state index in [4.69, 9.17) is 11.6 Å². The highest BCUT2D eigenvalue weighted by atomic mass is 127. The van der Waals surface area contributed by atoms with Gasteiger partial charge in [0, 0.05) is 18.3 Å². The number of benzene rings is 1. The third kappa shape index (κ3) is 3.73. The van der Waals surface area contributed by atoms with E-state index >= 15 is 0 Å². The Balaban J connectivity index is 1.71. The standard InChI is InChI=1S/C14H11ClFIN6O/c1-22-6-11(17)12(20-22)13(24)19-14-18-7-23(21-14)5-8-2-3-9(16)4-10(8)15/h2-4,6-7H,5H2,1H3,(H,19,21,24). The van der Waals surface area contributed by atoms with Crippen LogP contribution in [-0.2, 0) is 13.6 Å². The number of rotatable bonds is 4. The Hall–Kier alpha value is -2.01. The fourth-order valence-corrected chi connectivity index (χ4v) is 3.01. The Labute approximate surface area is 155 Å². The molecule has 124 valence electrons. The Morgan fingerprint density at radius 1 is 1.42 bits per heavy atom. The van der Waals surface area contributed by atoms with Crippen LogP contribution in [0.15, 0.2) is 30.7 Å². The molecular weight excluding hydrogens is 450 g/mol. The molecular formula is C14H11ClFIN6O. The average molecular weight is 461 g/mol. The normalized spacial score (nSPS) is 10.8. The summed E-state index contributed by atoms with van der Waals surface area (Å²) in [6.45, 7) is 0.309. The van der Waals surface area contributed by atoms with E-state index in [2.05, 4.69) is 20.5 Å². The number of hydrogen-bond acceptors (Lipinski definition) is 4. The summed E-state index contributed by atoms with van der Waals surface area (Å²) in [5, 5.41) is 11.1. The Kier molecular flexibility index (Phi) is 4.81. The third-order valence-electron chi connectivity index (χ3n) is 3.11. The number of nitrogens with zero attached hydrogens (tertiary/aromatic N) is 5. The Morgan fingerprint density at radius 3 is 2.88 bits per heavy atom. The number of halogens is 3. The molecule has 0 unspecified atom stereocenters. The van der Waals surface area contributed by atoms with Crippen molar-refractivity contribution >= 4 is 46.0 Å². The minimum atomic E-state index is -0.403. The molecule has 0 spiro atoms. The molecule has 0 atom stereocenters. The monoisotopic (exact) mass is 460 g/mol. The quantitative estimate of drug-likeness (QED) is 0.608. The molecule has 10 heteroatoms. The van der Waals surface area contributed by atoms with Crippen LogP contribution in [0.25, 0.3) is 0 Å². The number of hydrogen-bond donors (Lipinski definition) is 1. The molecule has 2 aromatic heterocycles. The number of amides is 1. The van der Waals surface area contributed by atoms with Crippen LogP contribution in [0.1, 0.15) is 16.1 Å². The number of anilines is 1. The van der Waals surface area contributed by atoms with Gasteiger partial charge in [-0.15, -0.1) is 5.10 Å². The van der Waals surface area contributed by atoms with Crippen LogP contribution in [0.4, 0.5) is 10.3 Å². The van der Waals surface area contributed by atoms with Crippen molar-refractivity contribution in [2.45, 2.75) is 6.54 Å². The Morgan fingerprint density at radius 2 is 2.21 bits per heavy atom. The van der Waals surface area contributed by atoms with E-state index in [1.54, 1.807) is 24.0 Å². The highest BCUT2D eigenvalue weighted by molar-refractivity contribution is 14.1. The van der Waals surface area contributed by atoms with Gasteiger partial charge in [-0.3, -0.25) is 14.8 Å². The van der Waals surface area contributed by atoms with E-state index in [1.165, 1.54) is 23.1 Å². The SMILES string of the molecule is Cn1cc(I)c(C(=O)Nc2ncn(Cc3ccc(F)cc3Cl)n2)n1. The first-order valence-corrected chi connectivity index (χ1v) is 8.22. The summed E-state index contributed by atoms with van der Waals surface area (Å²) in [4.78, 5) is 16.2. The topological polar surface area (TPSA) is 77.6 Å².